The van der Waals surface area contributed by atoms with Crippen LogP contribution in [0, 0.1) is 0 Å². The summed E-state index contributed by atoms with van der Waals surface area (Å²) in [5, 5.41) is 21.9. The number of hydrogen-bond donors (Lipinski definition) is 2. The number of hydrogen-bond acceptors (Lipinski definition) is 4. The van der Waals surface area contributed by atoms with Crippen LogP contribution in [-0.4, -0.2) is 29.3 Å². The summed E-state index contributed by atoms with van der Waals surface area (Å²) in [5.41, 5.74) is 5.06. The first kappa shape index (κ1) is 28.6. The van der Waals surface area contributed by atoms with Gasteiger partial charge in [-0.3, -0.25) is 9.98 Å². The molecule has 0 fully saturated rings. The molecule has 0 saturated heterocycles. The molecule has 0 aliphatic heterocycles. The van der Waals surface area contributed by atoms with Crippen LogP contribution in [0.3, 0.4) is 0 Å². The van der Waals surface area contributed by atoms with Crippen molar-refractivity contribution in [2.24, 2.45) is 9.98 Å². The topological polar surface area (TPSA) is 65.2 Å². The molecule has 0 amide bonds. The third-order valence-electron chi connectivity index (χ3n) is 6.25. The van der Waals surface area contributed by atoms with E-state index < -0.39 is 0 Å². The zero-order chi connectivity index (χ0) is 27.0. The molecule has 0 radical (unpaired) electrons. The minimum atomic E-state index is -0.188. The van der Waals surface area contributed by atoms with Crippen molar-refractivity contribution in [3.63, 3.8) is 0 Å². The van der Waals surface area contributed by atoms with Gasteiger partial charge in [0.1, 0.15) is 18.2 Å². The van der Waals surface area contributed by atoms with Crippen molar-refractivity contribution in [3.05, 3.63) is 57.6 Å². The number of nitrogens with zero attached hydrogens (tertiary/aromatic N) is 2. The van der Waals surface area contributed by atoms with Crippen molar-refractivity contribution in [1.82, 2.24) is 0 Å². The molecule has 2 rings (SSSR count). The van der Waals surface area contributed by atoms with E-state index in [0.29, 0.717) is 11.1 Å². The van der Waals surface area contributed by atoms with E-state index in [1.165, 1.54) is 0 Å². The third kappa shape index (κ3) is 7.19. The van der Waals surface area contributed by atoms with Crippen LogP contribution < -0.4 is 0 Å². The van der Waals surface area contributed by atoms with E-state index in [-0.39, 0.29) is 39.8 Å². The quantitative estimate of drug-likeness (QED) is 0.441. The second kappa shape index (κ2) is 9.79. The van der Waals surface area contributed by atoms with E-state index >= 15 is 0 Å². The standard InChI is InChI=1S/C31H46N2O2/c1-28(2,3)22-13-20(26(34)24(15-22)30(7,8)9)17-32-19-33-18-21-14-23(29(4,5)6)16-25(27(21)35)31(10,11)12/h13-18,34-35H,19H2,1-12H3. The first-order valence-electron chi connectivity index (χ1n) is 12.5. The van der Waals surface area contributed by atoms with E-state index in [2.05, 4.69) is 105 Å². The van der Waals surface area contributed by atoms with Gasteiger partial charge in [0.15, 0.2) is 0 Å². The second-order valence-corrected chi connectivity index (χ2v) is 13.7. The van der Waals surface area contributed by atoms with E-state index in [0.717, 1.165) is 22.3 Å². The van der Waals surface area contributed by atoms with Crippen LogP contribution in [0.25, 0.3) is 0 Å². The summed E-state index contributed by atoms with van der Waals surface area (Å²) in [6.07, 6.45) is 3.40. The van der Waals surface area contributed by atoms with Gasteiger partial charge in [0.05, 0.1) is 0 Å². The number of rotatable bonds is 4. The van der Waals surface area contributed by atoms with Crippen molar-refractivity contribution >= 4 is 12.4 Å². The summed E-state index contributed by atoms with van der Waals surface area (Å²) in [6.45, 7) is 25.8. The predicted molar refractivity (Wildman–Crippen MR) is 151 cm³/mol. The molecule has 4 nitrogen and oxygen atoms in total. The van der Waals surface area contributed by atoms with Crippen LogP contribution in [0.2, 0.25) is 0 Å². The fraction of sp³-hybridized carbons (Fsp3) is 0.548. The molecule has 35 heavy (non-hydrogen) atoms. The molecular formula is C31H46N2O2. The van der Waals surface area contributed by atoms with Crippen LogP contribution in [0.15, 0.2) is 34.3 Å². The van der Waals surface area contributed by atoms with Gasteiger partial charge in [0.2, 0.25) is 0 Å². The van der Waals surface area contributed by atoms with E-state index in [9.17, 15) is 10.2 Å². The van der Waals surface area contributed by atoms with Gasteiger partial charge in [-0.05, 0) is 44.9 Å². The molecule has 2 N–H and O–H groups in total. The molecule has 0 aromatic heterocycles. The summed E-state index contributed by atoms with van der Waals surface area (Å²) in [6, 6.07) is 8.21. The molecule has 0 saturated carbocycles. The lowest BCUT2D eigenvalue weighted by atomic mass is 9.79. The van der Waals surface area contributed by atoms with Gasteiger partial charge in [0, 0.05) is 34.7 Å². The van der Waals surface area contributed by atoms with Crippen molar-refractivity contribution in [2.45, 2.75) is 105 Å². The molecule has 0 aliphatic carbocycles. The average Bonchev–Trinajstić information content (AvgIpc) is 2.66. The number of benzene rings is 2. The molecule has 0 aliphatic rings. The van der Waals surface area contributed by atoms with Crippen LogP contribution in [-0.2, 0) is 21.7 Å². The van der Waals surface area contributed by atoms with Gasteiger partial charge in [-0.2, -0.15) is 0 Å². The maximum absolute atomic E-state index is 10.9. The molecular weight excluding hydrogens is 432 g/mol. The Kier molecular flexibility index (Phi) is 8.01. The van der Waals surface area contributed by atoms with Crippen molar-refractivity contribution in [2.75, 3.05) is 6.67 Å². The Morgan fingerprint density at radius 1 is 0.543 bits per heavy atom. The summed E-state index contributed by atoms with van der Waals surface area (Å²) in [7, 11) is 0. The molecule has 2 aromatic rings. The minimum absolute atomic E-state index is 0.0468. The number of aromatic hydroxyl groups is 2. The lowest BCUT2D eigenvalue weighted by Gasteiger charge is -2.27. The Balaban J connectivity index is 2.39. The maximum Gasteiger partial charge on any atom is 0.129 e. The smallest absolute Gasteiger partial charge is 0.129 e. The average molecular weight is 479 g/mol. The molecule has 0 bridgehead atoms. The SMILES string of the molecule is CC(C)(C)c1cc(C=NCN=Cc2cc(C(C)(C)C)cc(C(C)(C)C)c2O)c(O)c(C(C)(C)C)c1. The highest BCUT2D eigenvalue weighted by Gasteiger charge is 2.25. The Hall–Kier alpha value is -2.62. The lowest BCUT2D eigenvalue weighted by Crippen LogP contribution is -2.17. The summed E-state index contributed by atoms with van der Waals surface area (Å²) >= 11 is 0. The maximum atomic E-state index is 10.9. The van der Waals surface area contributed by atoms with Gasteiger partial charge in [-0.25, -0.2) is 0 Å². The highest BCUT2D eigenvalue weighted by atomic mass is 16.3. The van der Waals surface area contributed by atoms with Gasteiger partial charge in [0.25, 0.3) is 0 Å². The highest BCUT2D eigenvalue weighted by Crippen LogP contribution is 2.38. The summed E-state index contributed by atoms with van der Waals surface area (Å²) in [4.78, 5) is 8.94. The number of phenols is 2. The van der Waals surface area contributed by atoms with E-state index in [1.807, 2.05) is 12.1 Å². The molecule has 0 heterocycles. The lowest BCUT2D eigenvalue weighted by molar-refractivity contribution is 0.443. The van der Waals surface area contributed by atoms with Crippen LogP contribution in [0.5, 0.6) is 11.5 Å². The summed E-state index contributed by atoms with van der Waals surface area (Å²) < 4.78 is 0. The first-order valence-corrected chi connectivity index (χ1v) is 12.5. The fourth-order valence-electron chi connectivity index (χ4n) is 3.85. The minimum Gasteiger partial charge on any atom is -0.507 e. The molecule has 2 aromatic carbocycles. The molecule has 4 heteroatoms. The molecule has 0 atom stereocenters. The monoisotopic (exact) mass is 478 g/mol. The Bertz CT molecular complexity index is 1020. The van der Waals surface area contributed by atoms with Crippen molar-refractivity contribution < 1.29 is 10.2 Å². The third-order valence-corrected chi connectivity index (χ3v) is 6.25. The largest absolute Gasteiger partial charge is 0.507 e. The van der Waals surface area contributed by atoms with Gasteiger partial charge < -0.3 is 10.2 Å². The molecule has 0 unspecified atom stereocenters. The van der Waals surface area contributed by atoms with Crippen LogP contribution in [0.4, 0.5) is 0 Å². The van der Waals surface area contributed by atoms with Gasteiger partial charge in [-0.15, -0.1) is 0 Å². The van der Waals surface area contributed by atoms with Crippen molar-refractivity contribution in [1.29, 1.82) is 0 Å². The Morgan fingerprint density at radius 3 is 1.11 bits per heavy atom. The van der Waals surface area contributed by atoms with Crippen LogP contribution >= 0.6 is 0 Å². The summed E-state index contributed by atoms with van der Waals surface area (Å²) in [5.74, 6) is 0.534. The number of phenolic OH excluding ortho intramolecular Hbond substituents is 2. The Morgan fingerprint density at radius 2 is 0.857 bits per heavy atom. The Labute approximate surface area is 213 Å². The fourth-order valence-corrected chi connectivity index (χ4v) is 3.85. The number of aliphatic imine (C=N–C) groups is 2. The molecule has 0 spiro atoms. The van der Waals surface area contributed by atoms with Gasteiger partial charge in [-0.1, -0.05) is 95.2 Å². The van der Waals surface area contributed by atoms with Crippen molar-refractivity contribution in [3.8, 4) is 11.5 Å². The van der Waals surface area contributed by atoms with E-state index in [4.69, 9.17) is 0 Å². The van der Waals surface area contributed by atoms with Gasteiger partial charge >= 0.3 is 0 Å². The normalized spacial score (nSPS) is 13.8. The first-order chi connectivity index (χ1) is 15.7. The van der Waals surface area contributed by atoms with E-state index in [1.54, 1.807) is 12.4 Å². The zero-order valence-corrected chi connectivity index (χ0v) is 24.0. The second-order valence-electron chi connectivity index (χ2n) is 13.7. The zero-order valence-electron chi connectivity index (χ0n) is 24.0. The highest BCUT2D eigenvalue weighted by molar-refractivity contribution is 5.86. The van der Waals surface area contributed by atoms with Crippen LogP contribution in [0.1, 0.15) is 116 Å². The predicted octanol–water partition coefficient (Wildman–Crippen LogP) is 7.78. The molecule has 192 valence electrons.